The molecule has 1 amide bonds. The lowest BCUT2D eigenvalue weighted by atomic mass is 9.98. The Kier molecular flexibility index (Phi) is 6.52. The van der Waals surface area contributed by atoms with Crippen LogP contribution in [0.5, 0.6) is 0 Å². The predicted octanol–water partition coefficient (Wildman–Crippen LogP) is 3.06. The standard InChI is InChI=1S/C22H28N2O3S/c1-17-9-11-21(12-10-17)28(26,27)24-15-5-8-20(16-24)22(25)23-14-13-19-7-4-3-6-18(19)2/h3-4,6-7,9-12,20H,5,8,13-16H2,1-2H3,(H,23,25)/t20-/m1/s1. The van der Waals surface area contributed by atoms with Crippen molar-refractivity contribution in [3.63, 3.8) is 0 Å². The van der Waals surface area contributed by atoms with Crippen molar-refractivity contribution in [2.75, 3.05) is 19.6 Å². The highest BCUT2D eigenvalue weighted by Crippen LogP contribution is 2.24. The molecule has 5 nitrogen and oxygen atoms in total. The normalized spacial score (nSPS) is 18.0. The number of nitrogens with zero attached hydrogens (tertiary/aromatic N) is 1. The van der Waals surface area contributed by atoms with E-state index in [1.807, 2.05) is 19.1 Å². The van der Waals surface area contributed by atoms with Crippen LogP contribution in [0.25, 0.3) is 0 Å². The van der Waals surface area contributed by atoms with Crippen molar-refractivity contribution < 1.29 is 13.2 Å². The SMILES string of the molecule is Cc1ccc(S(=O)(=O)N2CCC[C@@H](C(=O)NCCc3ccccc3C)C2)cc1. The molecule has 1 N–H and O–H groups in total. The van der Waals surface area contributed by atoms with Crippen LogP contribution in [0.2, 0.25) is 0 Å². The van der Waals surface area contributed by atoms with Gasteiger partial charge in [0.2, 0.25) is 15.9 Å². The van der Waals surface area contributed by atoms with Gasteiger partial charge >= 0.3 is 0 Å². The van der Waals surface area contributed by atoms with E-state index >= 15 is 0 Å². The van der Waals surface area contributed by atoms with Gasteiger partial charge in [0.25, 0.3) is 0 Å². The molecule has 1 aliphatic rings. The summed E-state index contributed by atoms with van der Waals surface area (Å²) in [5, 5.41) is 2.99. The van der Waals surface area contributed by atoms with Gasteiger partial charge in [-0.3, -0.25) is 4.79 Å². The fourth-order valence-corrected chi connectivity index (χ4v) is 5.11. The molecule has 0 aromatic heterocycles. The lowest BCUT2D eigenvalue weighted by Gasteiger charge is -2.31. The Hall–Kier alpha value is -2.18. The average molecular weight is 401 g/mol. The van der Waals surface area contributed by atoms with Crippen molar-refractivity contribution in [3.05, 3.63) is 65.2 Å². The van der Waals surface area contributed by atoms with E-state index in [-0.39, 0.29) is 18.4 Å². The average Bonchev–Trinajstić information content (AvgIpc) is 2.70. The Morgan fingerprint density at radius 3 is 2.54 bits per heavy atom. The minimum atomic E-state index is -3.56. The number of nitrogens with one attached hydrogen (secondary N) is 1. The van der Waals surface area contributed by atoms with Gasteiger partial charge in [-0.1, -0.05) is 42.0 Å². The van der Waals surface area contributed by atoms with Crippen molar-refractivity contribution in [2.45, 2.75) is 38.0 Å². The number of benzene rings is 2. The van der Waals surface area contributed by atoms with Gasteiger partial charge in [0, 0.05) is 19.6 Å². The van der Waals surface area contributed by atoms with E-state index in [2.05, 4.69) is 24.4 Å². The van der Waals surface area contributed by atoms with Gasteiger partial charge in [0.15, 0.2) is 0 Å². The zero-order valence-corrected chi connectivity index (χ0v) is 17.3. The molecule has 3 rings (SSSR count). The minimum Gasteiger partial charge on any atom is -0.355 e. The maximum Gasteiger partial charge on any atom is 0.243 e. The number of piperidine rings is 1. The number of hydrogen-bond acceptors (Lipinski definition) is 3. The molecule has 2 aromatic carbocycles. The summed E-state index contributed by atoms with van der Waals surface area (Å²) in [6.07, 6.45) is 2.19. The van der Waals surface area contributed by atoms with Gasteiger partial charge in [0.1, 0.15) is 0 Å². The molecule has 1 atom stereocenters. The van der Waals surface area contributed by atoms with Crippen molar-refractivity contribution in [1.82, 2.24) is 9.62 Å². The van der Waals surface area contributed by atoms with E-state index < -0.39 is 10.0 Å². The van der Waals surface area contributed by atoms with Crippen molar-refractivity contribution in [2.24, 2.45) is 5.92 Å². The summed E-state index contributed by atoms with van der Waals surface area (Å²) in [4.78, 5) is 12.9. The Labute approximate surface area is 167 Å². The van der Waals surface area contributed by atoms with E-state index in [0.717, 1.165) is 18.4 Å². The predicted molar refractivity (Wildman–Crippen MR) is 111 cm³/mol. The van der Waals surface area contributed by atoms with Crippen LogP contribution < -0.4 is 5.32 Å². The van der Waals surface area contributed by atoms with E-state index in [9.17, 15) is 13.2 Å². The highest BCUT2D eigenvalue weighted by atomic mass is 32.2. The second-order valence-corrected chi connectivity index (χ2v) is 9.42. The van der Waals surface area contributed by atoms with Crippen LogP contribution in [-0.4, -0.2) is 38.3 Å². The third-order valence-corrected chi connectivity index (χ3v) is 7.25. The third-order valence-electron chi connectivity index (χ3n) is 5.37. The summed E-state index contributed by atoms with van der Waals surface area (Å²) < 4.78 is 27.2. The molecule has 150 valence electrons. The number of sulfonamides is 1. The van der Waals surface area contributed by atoms with Crippen LogP contribution in [0.1, 0.15) is 29.5 Å². The Morgan fingerprint density at radius 1 is 1.11 bits per heavy atom. The van der Waals surface area contributed by atoms with Crippen LogP contribution in [0.15, 0.2) is 53.4 Å². The maximum absolute atomic E-state index is 12.9. The topological polar surface area (TPSA) is 66.5 Å². The highest BCUT2D eigenvalue weighted by Gasteiger charge is 2.33. The zero-order valence-electron chi connectivity index (χ0n) is 16.5. The lowest BCUT2D eigenvalue weighted by molar-refractivity contribution is -0.126. The third kappa shape index (κ3) is 4.80. The van der Waals surface area contributed by atoms with Crippen LogP contribution in [0.3, 0.4) is 0 Å². The van der Waals surface area contributed by atoms with Crippen LogP contribution in [0.4, 0.5) is 0 Å². The van der Waals surface area contributed by atoms with E-state index in [0.29, 0.717) is 24.4 Å². The number of amides is 1. The van der Waals surface area contributed by atoms with E-state index in [1.54, 1.807) is 24.3 Å². The molecule has 0 saturated carbocycles. The van der Waals surface area contributed by atoms with Crippen LogP contribution in [-0.2, 0) is 21.2 Å². The second-order valence-electron chi connectivity index (χ2n) is 7.48. The first-order chi connectivity index (χ1) is 13.4. The molecule has 1 heterocycles. The van der Waals surface area contributed by atoms with Gasteiger partial charge in [-0.15, -0.1) is 0 Å². The van der Waals surface area contributed by atoms with Gasteiger partial charge in [-0.25, -0.2) is 8.42 Å². The number of rotatable bonds is 6. The fraction of sp³-hybridized carbons (Fsp3) is 0.409. The molecule has 2 aromatic rings. The molecule has 1 aliphatic heterocycles. The lowest BCUT2D eigenvalue weighted by Crippen LogP contribution is -2.45. The summed E-state index contributed by atoms with van der Waals surface area (Å²) in [5.74, 6) is -0.358. The number of carbonyl (C=O) groups is 1. The largest absolute Gasteiger partial charge is 0.355 e. The molecule has 0 aliphatic carbocycles. The fourth-order valence-electron chi connectivity index (χ4n) is 3.59. The Bertz CT molecular complexity index is 923. The monoisotopic (exact) mass is 400 g/mol. The number of carbonyl (C=O) groups excluding carboxylic acids is 1. The Balaban J connectivity index is 1.58. The first-order valence-electron chi connectivity index (χ1n) is 9.77. The smallest absolute Gasteiger partial charge is 0.243 e. The molecular weight excluding hydrogens is 372 g/mol. The van der Waals surface area contributed by atoms with Gasteiger partial charge in [-0.2, -0.15) is 4.31 Å². The molecule has 6 heteroatoms. The zero-order chi connectivity index (χ0) is 20.1. The first kappa shape index (κ1) is 20.6. The molecule has 1 saturated heterocycles. The highest BCUT2D eigenvalue weighted by molar-refractivity contribution is 7.89. The summed E-state index contributed by atoms with van der Waals surface area (Å²) in [6.45, 7) is 5.25. The summed E-state index contributed by atoms with van der Waals surface area (Å²) in [7, 11) is -3.56. The molecule has 1 fully saturated rings. The maximum atomic E-state index is 12.9. The number of hydrogen-bond donors (Lipinski definition) is 1. The van der Waals surface area contributed by atoms with Gasteiger partial charge in [-0.05, 0) is 56.4 Å². The van der Waals surface area contributed by atoms with Crippen molar-refractivity contribution >= 4 is 15.9 Å². The van der Waals surface area contributed by atoms with Gasteiger partial charge in [0.05, 0.1) is 10.8 Å². The summed E-state index contributed by atoms with van der Waals surface area (Å²) in [5.41, 5.74) is 3.45. The number of aryl methyl sites for hydroxylation is 2. The van der Waals surface area contributed by atoms with E-state index in [1.165, 1.54) is 15.4 Å². The first-order valence-corrected chi connectivity index (χ1v) is 11.2. The van der Waals surface area contributed by atoms with Crippen LogP contribution >= 0.6 is 0 Å². The molecule has 28 heavy (non-hydrogen) atoms. The molecule has 0 radical (unpaired) electrons. The van der Waals surface area contributed by atoms with Crippen molar-refractivity contribution in [3.8, 4) is 0 Å². The summed E-state index contributed by atoms with van der Waals surface area (Å²) >= 11 is 0. The summed E-state index contributed by atoms with van der Waals surface area (Å²) in [6, 6.07) is 15.0. The molecular formula is C22H28N2O3S. The molecule has 0 spiro atoms. The molecule has 0 unspecified atom stereocenters. The van der Waals surface area contributed by atoms with Gasteiger partial charge < -0.3 is 5.32 Å². The van der Waals surface area contributed by atoms with Crippen molar-refractivity contribution in [1.29, 1.82) is 0 Å². The molecule has 0 bridgehead atoms. The Morgan fingerprint density at radius 2 is 1.82 bits per heavy atom. The quantitative estimate of drug-likeness (QED) is 0.810. The van der Waals surface area contributed by atoms with E-state index in [4.69, 9.17) is 0 Å². The van der Waals surface area contributed by atoms with Crippen LogP contribution in [0, 0.1) is 19.8 Å². The second kappa shape index (κ2) is 8.88. The minimum absolute atomic E-state index is 0.0580.